The topological polar surface area (TPSA) is 15.3 Å². The number of unbranched alkanes of at least 4 members (excludes halogenated alkanes) is 1. The van der Waals surface area contributed by atoms with Gasteiger partial charge in [0, 0.05) is 12.6 Å². The number of rotatable bonds is 6. The van der Waals surface area contributed by atoms with Crippen molar-refractivity contribution < 1.29 is 0 Å². The third kappa shape index (κ3) is 5.87. The van der Waals surface area contributed by atoms with Crippen LogP contribution in [-0.4, -0.2) is 37.1 Å². The van der Waals surface area contributed by atoms with Gasteiger partial charge < -0.3 is 10.2 Å². The first-order valence-corrected chi connectivity index (χ1v) is 7.72. The Balaban J connectivity index is 2.48. The Morgan fingerprint density at radius 2 is 2.06 bits per heavy atom. The fourth-order valence-electron chi connectivity index (χ4n) is 2.93. The maximum Gasteiger partial charge on any atom is 0.00952 e. The Bertz CT molecular complexity index is 182. The Hall–Kier alpha value is -0.0800. The SMILES string of the molecule is CCCCC(CCC)N1CCCNCC(C)C1. The van der Waals surface area contributed by atoms with Gasteiger partial charge in [-0.15, -0.1) is 0 Å². The maximum atomic E-state index is 3.54. The van der Waals surface area contributed by atoms with Crippen LogP contribution in [-0.2, 0) is 0 Å². The highest BCUT2D eigenvalue weighted by molar-refractivity contribution is 4.76. The second-order valence-corrected chi connectivity index (χ2v) is 5.74. The number of hydrogen-bond donors (Lipinski definition) is 1. The van der Waals surface area contributed by atoms with Crippen LogP contribution in [0.1, 0.15) is 59.3 Å². The van der Waals surface area contributed by atoms with E-state index in [0.717, 1.165) is 12.0 Å². The first-order valence-electron chi connectivity index (χ1n) is 7.72. The van der Waals surface area contributed by atoms with E-state index in [4.69, 9.17) is 0 Å². The van der Waals surface area contributed by atoms with Gasteiger partial charge in [-0.3, -0.25) is 0 Å². The van der Waals surface area contributed by atoms with Gasteiger partial charge in [0.15, 0.2) is 0 Å². The molecule has 0 saturated carbocycles. The summed E-state index contributed by atoms with van der Waals surface area (Å²) in [5.41, 5.74) is 0. The zero-order valence-electron chi connectivity index (χ0n) is 12.2. The summed E-state index contributed by atoms with van der Waals surface area (Å²) in [5, 5.41) is 3.54. The molecule has 2 nitrogen and oxygen atoms in total. The minimum atomic E-state index is 0.802. The van der Waals surface area contributed by atoms with Gasteiger partial charge >= 0.3 is 0 Å². The van der Waals surface area contributed by atoms with Gasteiger partial charge in [-0.05, 0) is 44.8 Å². The van der Waals surface area contributed by atoms with Crippen LogP contribution in [0.15, 0.2) is 0 Å². The van der Waals surface area contributed by atoms with Gasteiger partial charge in [0.25, 0.3) is 0 Å². The average molecular weight is 240 g/mol. The van der Waals surface area contributed by atoms with Crippen LogP contribution < -0.4 is 5.32 Å². The Labute approximate surface area is 108 Å². The molecule has 1 aliphatic heterocycles. The summed E-state index contributed by atoms with van der Waals surface area (Å²) >= 11 is 0. The predicted molar refractivity (Wildman–Crippen MR) is 76.4 cm³/mol. The lowest BCUT2D eigenvalue weighted by molar-refractivity contribution is 0.139. The minimum absolute atomic E-state index is 0.802. The fourth-order valence-corrected chi connectivity index (χ4v) is 2.93. The molecule has 1 aliphatic rings. The van der Waals surface area contributed by atoms with E-state index in [1.807, 2.05) is 0 Å². The van der Waals surface area contributed by atoms with Gasteiger partial charge in [0.2, 0.25) is 0 Å². The predicted octanol–water partition coefficient (Wildman–Crippen LogP) is 3.28. The summed E-state index contributed by atoms with van der Waals surface area (Å²) in [5.74, 6) is 0.802. The molecule has 2 heteroatoms. The van der Waals surface area contributed by atoms with Gasteiger partial charge in [-0.2, -0.15) is 0 Å². The van der Waals surface area contributed by atoms with Crippen molar-refractivity contribution in [3.8, 4) is 0 Å². The molecule has 0 radical (unpaired) electrons. The van der Waals surface area contributed by atoms with Crippen molar-refractivity contribution >= 4 is 0 Å². The molecule has 0 bridgehead atoms. The molecule has 1 heterocycles. The summed E-state index contributed by atoms with van der Waals surface area (Å²) in [6, 6.07) is 0.848. The molecule has 1 rings (SSSR count). The maximum absolute atomic E-state index is 3.54. The highest BCUT2D eigenvalue weighted by Crippen LogP contribution is 2.17. The molecule has 0 aromatic heterocycles. The van der Waals surface area contributed by atoms with Crippen molar-refractivity contribution in [1.29, 1.82) is 0 Å². The van der Waals surface area contributed by atoms with Crippen molar-refractivity contribution in [3.05, 3.63) is 0 Å². The van der Waals surface area contributed by atoms with Crippen molar-refractivity contribution in [2.24, 2.45) is 5.92 Å². The Kier molecular flexibility index (Phi) is 7.87. The molecule has 0 aliphatic carbocycles. The molecule has 0 amide bonds. The largest absolute Gasteiger partial charge is 0.316 e. The van der Waals surface area contributed by atoms with Gasteiger partial charge in [0.1, 0.15) is 0 Å². The van der Waals surface area contributed by atoms with E-state index in [0.29, 0.717) is 0 Å². The lowest BCUT2D eigenvalue weighted by atomic mass is 10.0. The third-order valence-electron chi connectivity index (χ3n) is 3.87. The molecule has 17 heavy (non-hydrogen) atoms. The van der Waals surface area contributed by atoms with E-state index in [2.05, 4.69) is 31.0 Å². The third-order valence-corrected chi connectivity index (χ3v) is 3.87. The Morgan fingerprint density at radius 3 is 2.76 bits per heavy atom. The summed E-state index contributed by atoms with van der Waals surface area (Å²) in [7, 11) is 0. The normalized spacial score (nSPS) is 25.2. The lowest BCUT2D eigenvalue weighted by Gasteiger charge is -2.35. The van der Waals surface area contributed by atoms with E-state index in [9.17, 15) is 0 Å². The second kappa shape index (κ2) is 8.93. The van der Waals surface area contributed by atoms with Crippen LogP contribution in [0.25, 0.3) is 0 Å². The van der Waals surface area contributed by atoms with Crippen molar-refractivity contribution in [1.82, 2.24) is 10.2 Å². The first-order chi connectivity index (χ1) is 8.27. The zero-order chi connectivity index (χ0) is 12.5. The van der Waals surface area contributed by atoms with E-state index >= 15 is 0 Å². The fraction of sp³-hybridized carbons (Fsp3) is 1.00. The summed E-state index contributed by atoms with van der Waals surface area (Å²) in [4.78, 5) is 2.78. The van der Waals surface area contributed by atoms with Crippen LogP contribution in [0.5, 0.6) is 0 Å². The van der Waals surface area contributed by atoms with E-state index in [-0.39, 0.29) is 0 Å². The Morgan fingerprint density at radius 1 is 1.24 bits per heavy atom. The monoisotopic (exact) mass is 240 g/mol. The number of hydrogen-bond acceptors (Lipinski definition) is 2. The zero-order valence-corrected chi connectivity index (χ0v) is 12.2. The summed E-state index contributed by atoms with van der Waals surface area (Å²) in [6.45, 7) is 12.0. The van der Waals surface area contributed by atoms with Crippen LogP contribution in [0.2, 0.25) is 0 Å². The lowest BCUT2D eigenvalue weighted by Crippen LogP contribution is -2.44. The molecule has 0 spiro atoms. The van der Waals surface area contributed by atoms with Gasteiger partial charge in [0.05, 0.1) is 0 Å². The standard InChI is InChI=1S/C15H32N2/c1-4-6-9-15(8-5-2)17-11-7-10-16-12-14(3)13-17/h14-16H,4-13H2,1-3H3. The molecule has 0 aromatic carbocycles. The van der Waals surface area contributed by atoms with E-state index < -0.39 is 0 Å². The smallest absolute Gasteiger partial charge is 0.00952 e. The second-order valence-electron chi connectivity index (χ2n) is 5.74. The molecule has 1 fully saturated rings. The van der Waals surface area contributed by atoms with Gasteiger partial charge in [-0.25, -0.2) is 0 Å². The van der Waals surface area contributed by atoms with Crippen molar-refractivity contribution in [2.75, 3.05) is 26.2 Å². The minimum Gasteiger partial charge on any atom is -0.316 e. The van der Waals surface area contributed by atoms with E-state index in [1.165, 1.54) is 64.7 Å². The van der Waals surface area contributed by atoms with Gasteiger partial charge in [-0.1, -0.05) is 40.0 Å². The molecular weight excluding hydrogens is 208 g/mol. The van der Waals surface area contributed by atoms with Crippen LogP contribution in [0, 0.1) is 5.92 Å². The van der Waals surface area contributed by atoms with Crippen LogP contribution in [0.4, 0.5) is 0 Å². The average Bonchev–Trinajstić information content (AvgIpc) is 2.29. The number of nitrogens with zero attached hydrogens (tertiary/aromatic N) is 1. The summed E-state index contributed by atoms with van der Waals surface area (Å²) in [6.07, 6.45) is 8.18. The molecule has 2 atom stereocenters. The van der Waals surface area contributed by atoms with Crippen molar-refractivity contribution in [3.63, 3.8) is 0 Å². The van der Waals surface area contributed by atoms with Crippen LogP contribution >= 0.6 is 0 Å². The number of nitrogens with one attached hydrogen (secondary N) is 1. The molecule has 1 saturated heterocycles. The van der Waals surface area contributed by atoms with Crippen LogP contribution in [0.3, 0.4) is 0 Å². The molecule has 2 unspecified atom stereocenters. The molecular formula is C15H32N2. The highest BCUT2D eigenvalue weighted by Gasteiger charge is 2.20. The quantitative estimate of drug-likeness (QED) is 0.766. The highest BCUT2D eigenvalue weighted by atomic mass is 15.2. The molecule has 0 aromatic rings. The molecule has 1 N–H and O–H groups in total. The van der Waals surface area contributed by atoms with E-state index in [1.54, 1.807) is 0 Å². The summed E-state index contributed by atoms with van der Waals surface area (Å²) < 4.78 is 0. The molecule has 102 valence electrons. The van der Waals surface area contributed by atoms with Crippen molar-refractivity contribution in [2.45, 2.75) is 65.3 Å². The first kappa shape index (κ1) is 15.0.